The van der Waals surface area contributed by atoms with Crippen molar-refractivity contribution in [2.75, 3.05) is 6.54 Å². The lowest BCUT2D eigenvalue weighted by molar-refractivity contribution is -0.186. The number of carbonyl (C=O) groups excluding carboxylic acids is 1. The van der Waals surface area contributed by atoms with E-state index in [4.69, 9.17) is 0 Å². The topological polar surface area (TPSA) is 49.3 Å². The molecule has 0 aromatic rings. The molecule has 1 amide bonds. The fourth-order valence-corrected chi connectivity index (χ4v) is 2.52. The molecule has 0 aliphatic heterocycles. The third-order valence-electron chi connectivity index (χ3n) is 3.64. The van der Waals surface area contributed by atoms with Crippen molar-refractivity contribution in [2.24, 2.45) is 11.8 Å². The number of hydrogen-bond acceptors (Lipinski definition) is 2. The van der Waals surface area contributed by atoms with E-state index in [9.17, 15) is 23.1 Å². The Kier molecular flexibility index (Phi) is 6.10. The Morgan fingerprint density at radius 1 is 1.42 bits per heavy atom. The van der Waals surface area contributed by atoms with Crippen molar-refractivity contribution in [2.45, 2.75) is 57.7 Å². The number of carbonyl (C=O) groups is 1. The van der Waals surface area contributed by atoms with Crippen LogP contribution < -0.4 is 5.32 Å². The van der Waals surface area contributed by atoms with Crippen LogP contribution in [0.15, 0.2) is 0 Å². The third kappa shape index (κ3) is 5.38. The van der Waals surface area contributed by atoms with Crippen molar-refractivity contribution in [3.05, 3.63) is 0 Å². The molecule has 0 aromatic carbocycles. The summed E-state index contributed by atoms with van der Waals surface area (Å²) in [5, 5.41) is 12.0. The number of halogens is 3. The summed E-state index contributed by atoms with van der Waals surface area (Å²) >= 11 is 0. The number of aliphatic hydroxyl groups is 1. The van der Waals surface area contributed by atoms with Gasteiger partial charge in [0.05, 0.1) is 12.0 Å². The van der Waals surface area contributed by atoms with Crippen LogP contribution >= 0.6 is 0 Å². The summed E-state index contributed by atoms with van der Waals surface area (Å²) in [6.45, 7) is 2.04. The molecule has 1 fully saturated rings. The van der Waals surface area contributed by atoms with Crippen LogP contribution in [-0.4, -0.2) is 29.8 Å². The van der Waals surface area contributed by atoms with Crippen molar-refractivity contribution in [3.8, 4) is 0 Å². The Morgan fingerprint density at radius 2 is 2.11 bits per heavy atom. The summed E-state index contributed by atoms with van der Waals surface area (Å²) in [5.74, 6) is -2.30. The second-order valence-electron chi connectivity index (χ2n) is 5.29. The minimum absolute atomic E-state index is 0.117. The van der Waals surface area contributed by atoms with Gasteiger partial charge in [0.15, 0.2) is 0 Å². The predicted octanol–water partition coefficient (Wildman–Crippen LogP) is 2.63. The zero-order valence-electron chi connectivity index (χ0n) is 11.2. The summed E-state index contributed by atoms with van der Waals surface area (Å²) in [4.78, 5) is 11.8. The second kappa shape index (κ2) is 7.12. The van der Waals surface area contributed by atoms with E-state index < -0.39 is 24.1 Å². The van der Waals surface area contributed by atoms with Crippen molar-refractivity contribution in [1.29, 1.82) is 0 Å². The average molecular weight is 281 g/mol. The fourth-order valence-electron chi connectivity index (χ4n) is 2.52. The number of aliphatic hydroxyl groups excluding tert-OH is 1. The molecule has 0 radical (unpaired) electrons. The molecule has 3 unspecified atom stereocenters. The van der Waals surface area contributed by atoms with E-state index in [0.29, 0.717) is 19.3 Å². The van der Waals surface area contributed by atoms with Crippen molar-refractivity contribution in [1.82, 2.24) is 5.32 Å². The number of nitrogens with one attached hydrogen (secondary N) is 1. The molecule has 0 heterocycles. The van der Waals surface area contributed by atoms with E-state index in [1.165, 1.54) is 0 Å². The van der Waals surface area contributed by atoms with Gasteiger partial charge in [-0.3, -0.25) is 4.79 Å². The molecule has 19 heavy (non-hydrogen) atoms. The van der Waals surface area contributed by atoms with E-state index in [1.807, 2.05) is 6.92 Å². The quantitative estimate of drug-likeness (QED) is 0.814. The molecule has 6 heteroatoms. The third-order valence-corrected chi connectivity index (χ3v) is 3.64. The standard InChI is InChI=1S/C13H22F3NO2/c1-2-4-11(18)8-17-12(19)9-5-3-6-10(7-9)13(14,15)16/h9-11,18H,2-8H2,1H3,(H,17,19). The van der Waals surface area contributed by atoms with Crippen molar-refractivity contribution in [3.63, 3.8) is 0 Å². The average Bonchev–Trinajstić information content (AvgIpc) is 2.35. The first-order chi connectivity index (χ1) is 8.84. The normalized spacial score (nSPS) is 25.9. The minimum atomic E-state index is -4.21. The van der Waals surface area contributed by atoms with Gasteiger partial charge in [0.1, 0.15) is 0 Å². The summed E-state index contributed by atoms with van der Waals surface area (Å²) in [6, 6.07) is 0. The van der Waals surface area contributed by atoms with E-state index in [1.54, 1.807) is 0 Å². The van der Waals surface area contributed by atoms with Gasteiger partial charge in [-0.1, -0.05) is 19.8 Å². The lowest BCUT2D eigenvalue weighted by atomic mass is 9.80. The first kappa shape index (κ1) is 16.3. The van der Waals surface area contributed by atoms with Crippen LogP contribution in [0.5, 0.6) is 0 Å². The lowest BCUT2D eigenvalue weighted by Gasteiger charge is -2.29. The van der Waals surface area contributed by atoms with Gasteiger partial charge in [-0.15, -0.1) is 0 Å². The summed E-state index contributed by atoms with van der Waals surface area (Å²) in [5.41, 5.74) is 0. The van der Waals surface area contributed by atoms with Crippen LogP contribution in [0.3, 0.4) is 0 Å². The first-order valence-corrected chi connectivity index (χ1v) is 6.87. The molecule has 3 atom stereocenters. The lowest BCUT2D eigenvalue weighted by Crippen LogP contribution is -2.40. The van der Waals surface area contributed by atoms with Crippen molar-refractivity contribution < 1.29 is 23.1 Å². The monoisotopic (exact) mass is 281 g/mol. The van der Waals surface area contributed by atoms with Gasteiger partial charge in [-0.2, -0.15) is 13.2 Å². The number of alkyl halides is 3. The Hall–Kier alpha value is -0.780. The van der Waals surface area contributed by atoms with Gasteiger partial charge >= 0.3 is 6.18 Å². The Bertz CT molecular complexity index is 294. The number of amides is 1. The van der Waals surface area contributed by atoms with Gasteiger partial charge in [0.25, 0.3) is 0 Å². The molecule has 0 bridgehead atoms. The van der Waals surface area contributed by atoms with Crippen LogP contribution in [0.1, 0.15) is 45.4 Å². The number of hydrogen-bond donors (Lipinski definition) is 2. The fraction of sp³-hybridized carbons (Fsp3) is 0.923. The molecule has 1 aliphatic rings. The van der Waals surface area contributed by atoms with Gasteiger partial charge in [0.2, 0.25) is 5.91 Å². The van der Waals surface area contributed by atoms with Gasteiger partial charge in [0, 0.05) is 12.5 Å². The highest BCUT2D eigenvalue weighted by Gasteiger charge is 2.43. The molecule has 0 saturated heterocycles. The molecule has 112 valence electrons. The zero-order valence-corrected chi connectivity index (χ0v) is 11.2. The van der Waals surface area contributed by atoms with Crippen LogP contribution in [0, 0.1) is 11.8 Å². The molecular formula is C13H22F3NO2. The molecular weight excluding hydrogens is 259 g/mol. The maximum Gasteiger partial charge on any atom is 0.391 e. The molecule has 0 aromatic heterocycles. The highest BCUT2D eigenvalue weighted by molar-refractivity contribution is 5.78. The zero-order chi connectivity index (χ0) is 14.5. The van der Waals surface area contributed by atoms with E-state index in [2.05, 4.69) is 5.32 Å². The SMILES string of the molecule is CCCC(O)CNC(=O)C1CCCC(C(F)(F)F)C1. The smallest absolute Gasteiger partial charge is 0.391 e. The molecule has 1 rings (SSSR count). The summed E-state index contributed by atoms with van der Waals surface area (Å²) in [6.07, 6.45) is -2.52. The molecule has 1 aliphatic carbocycles. The summed E-state index contributed by atoms with van der Waals surface area (Å²) in [7, 11) is 0. The van der Waals surface area contributed by atoms with Crippen LogP contribution in [0.4, 0.5) is 13.2 Å². The van der Waals surface area contributed by atoms with Gasteiger partial charge < -0.3 is 10.4 Å². The Morgan fingerprint density at radius 3 is 2.68 bits per heavy atom. The van der Waals surface area contributed by atoms with E-state index in [0.717, 1.165) is 6.42 Å². The van der Waals surface area contributed by atoms with E-state index >= 15 is 0 Å². The van der Waals surface area contributed by atoms with Gasteiger partial charge in [-0.25, -0.2) is 0 Å². The largest absolute Gasteiger partial charge is 0.391 e. The molecule has 2 N–H and O–H groups in total. The Balaban J connectivity index is 2.40. The molecule has 1 saturated carbocycles. The van der Waals surface area contributed by atoms with Gasteiger partial charge in [-0.05, 0) is 25.7 Å². The summed E-state index contributed by atoms with van der Waals surface area (Å²) < 4.78 is 37.9. The molecule has 3 nitrogen and oxygen atoms in total. The highest BCUT2D eigenvalue weighted by atomic mass is 19.4. The molecule has 0 spiro atoms. The van der Waals surface area contributed by atoms with Crippen LogP contribution in [0.2, 0.25) is 0 Å². The predicted molar refractivity (Wildman–Crippen MR) is 65.4 cm³/mol. The van der Waals surface area contributed by atoms with Crippen molar-refractivity contribution >= 4 is 5.91 Å². The maximum atomic E-state index is 12.6. The number of rotatable bonds is 5. The Labute approximate surface area is 111 Å². The van der Waals surface area contributed by atoms with Crippen LogP contribution in [-0.2, 0) is 4.79 Å². The van der Waals surface area contributed by atoms with E-state index in [-0.39, 0.29) is 25.3 Å². The maximum absolute atomic E-state index is 12.6. The minimum Gasteiger partial charge on any atom is -0.391 e. The van der Waals surface area contributed by atoms with Crippen LogP contribution in [0.25, 0.3) is 0 Å². The highest BCUT2D eigenvalue weighted by Crippen LogP contribution is 2.39. The first-order valence-electron chi connectivity index (χ1n) is 6.87. The second-order valence-corrected chi connectivity index (χ2v) is 5.29.